The summed E-state index contributed by atoms with van der Waals surface area (Å²) in [6.45, 7) is 2.03. The van der Waals surface area contributed by atoms with E-state index in [0.717, 1.165) is 5.56 Å². The average molecular weight is 329 g/mol. The number of hydroxylamine groups is 1. The van der Waals surface area contributed by atoms with Crippen LogP contribution in [-0.2, 0) is 4.79 Å². The van der Waals surface area contributed by atoms with E-state index >= 15 is 0 Å². The lowest BCUT2D eigenvalue weighted by Gasteiger charge is -2.38. The summed E-state index contributed by atoms with van der Waals surface area (Å²) in [6.07, 6.45) is 1.47. The number of benzene rings is 1. The van der Waals surface area contributed by atoms with Crippen LogP contribution in [-0.4, -0.2) is 53.0 Å². The fourth-order valence-corrected chi connectivity index (χ4v) is 2.96. The molecule has 7 nitrogen and oxygen atoms in total. The minimum Gasteiger partial charge on any atom is -0.459 e. The Morgan fingerprint density at radius 2 is 1.75 bits per heavy atom. The van der Waals surface area contributed by atoms with Crippen LogP contribution in [0.1, 0.15) is 22.2 Å². The molecule has 2 aromatic rings. The summed E-state index contributed by atoms with van der Waals surface area (Å²) in [5.41, 5.74) is 2.54. The molecule has 1 saturated heterocycles. The molecule has 2 heterocycles. The molecule has 0 aliphatic carbocycles. The Morgan fingerprint density at radius 1 is 1.04 bits per heavy atom. The summed E-state index contributed by atoms with van der Waals surface area (Å²) in [4.78, 5) is 28.1. The van der Waals surface area contributed by atoms with Crippen LogP contribution < -0.4 is 5.48 Å². The third-order valence-electron chi connectivity index (χ3n) is 4.17. The normalized spacial score (nSPS) is 16.6. The van der Waals surface area contributed by atoms with Gasteiger partial charge in [-0.2, -0.15) is 0 Å². The van der Waals surface area contributed by atoms with E-state index < -0.39 is 11.9 Å². The van der Waals surface area contributed by atoms with Crippen LogP contribution in [0.3, 0.4) is 0 Å². The molecule has 0 radical (unpaired) electrons. The maximum absolute atomic E-state index is 12.3. The Kier molecular flexibility index (Phi) is 4.93. The van der Waals surface area contributed by atoms with Crippen molar-refractivity contribution in [3.63, 3.8) is 0 Å². The minimum absolute atomic E-state index is 0.150. The maximum Gasteiger partial charge on any atom is 0.289 e. The zero-order valence-corrected chi connectivity index (χ0v) is 13.1. The highest BCUT2D eigenvalue weighted by Crippen LogP contribution is 2.23. The first-order valence-corrected chi connectivity index (χ1v) is 7.76. The van der Waals surface area contributed by atoms with Crippen LogP contribution in [0.5, 0.6) is 0 Å². The number of hydrogen-bond acceptors (Lipinski definition) is 5. The number of carbonyl (C=O) groups is 2. The molecule has 126 valence electrons. The predicted octanol–water partition coefficient (Wildman–Crippen LogP) is 1.28. The van der Waals surface area contributed by atoms with E-state index in [1.54, 1.807) is 22.5 Å². The van der Waals surface area contributed by atoms with Crippen molar-refractivity contribution in [2.75, 3.05) is 26.2 Å². The Bertz CT molecular complexity index is 679. The molecular formula is C17H19N3O4. The van der Waals surface area contributed by atoms with Gasteiger partial charge in [0.15, 0.2) is 5.76 Å². The first-order valence-electron chi connectivity index (χ1n) is 7.76. The van der Waals surface area contributed by atoms with Crippen molar-refractivity contribution in [1.82, 2.24) is 15.3 Å². The molecule has 1 unspecified atom stereocenters. The molecule has 24 heavy (non-hydrogen) atoms. The van der Waals surface area contributed by atoms with Crippen LogP contribution in [0.4, 0.5) is 0 Å². The smallest absolute Gasteiger partial charge is 0.289 e. The molecule has 2 N–H and O–H groups in total. The van der Waals surface area contributed by atoms with Crippen LogP contribution in [0.25, 0.3) is 0 Å². The maximum atomic E-state index is 12.3. The number of nitrogens with one attached hydrogen (secondary N) is 1. The van der Waals surface area contributed by atoms with Gasteiger partial charge >= 0.3 is 0 Å². The molecule has 0 spiro atoms. The Balaban J connectivity index is 1.69. The molecule has 1 fully saturated rings. The molecule has 1 aliphatic heterocycles. The monoisotopic (exact) mass is 329 g/mol. The zero-order chi connectivity index (χ0) is 16.9. The number of hydrogen-bond donors (Lipinski definition) is 2. The van der Waals surface area contributed by atoms with Crippen molar-refractivity contribution < 1.29 is 19.2 Å². The molecule has 1 atom stereocenters. The summed E-state index contributed by atoms with van der Waals surface area (Å²) >= 11 is 0. The lowest BCUT2D eigenvalue weighted by molar-refractivity contribution is -0.135. The fourth-order valence-electron chi connectivity index (χ4n) is 2.96. The predicted molar refractivity (Wildman–Crippen MR) is 85.3 cm³/mol. The van der Waals surface area contributed by atoms with Gasteiger partial charge in [-0.15, -0.1) is 0 Å². The van der Waals surface area contributed by atoms with Gasteiger partial charge < -0.3 is 9.32 Å². The second-order valence-corrected chi connectivity index (χ2v) is 5.59. The molecule has 0 bridgehead atoms. The first-order chi connectivity index (χ1) is 11.7. The van der Waals surface area contributed by atoms with Gasteiger partial charge in [-0.05, 0) is 17.7 Å². The molecule has 0 saturated carbocycles. The van der Waals surface area contributed by atoms with Crippen molar-refractivity contribution in [3.8, 4) is 0 Å². The van der Waals surface area contributed by atoms with Crippen molar-refractivity contribution in [2.45, 2.75) is 6.04 Å². The van der Waals surface area contributed by atoms with Gasteiger partial charge in [0.05, 0.1) is 6.26 Å². The Labute approximate surface area is 139 Å². The summed E-state index contributed by atoms with van der Waals surface area (Å²) in [5, 5.41) is 9.06. The van der Waals surface area contributed by atoms with Crippen molar-refractivity contribution in [3.05, 3.63) is 60.1 Å². The summed E-state index contributed by atoms with van der Waals surface area (Å²) in [7, 11) is 0. The Morgan fingerprint density at radius 3 is 2.33 bits per heavy atom. The van der Waals surface area contributed by atoms with E-state index in [-0.39, 0.29) is 5.91 Å². The van der Waals surface area contributed by atoms with Gasteiger partial charge in [0, 0.05) is 26.2 Å². The summed E-state index contributed by atoms with van der Waals surface area (Å²) < 4.78 is 5.15. The Hall–Kier alpha value is -2.64. The zero-order valence-electron chi connectivity index (χ0n) is 13.1. The quantitative estimate of drug-likeness (QED) is 0.652. The molecule has 1 aromatic carbocycles. The average Bonchev–Trinajstić information content (AvgIpc) is 3.17. The second-order valence-electron chi connectivity index (χ2n) is 5.59. The summed E-state index contributed by atoms with van der Waals surface area (Å²) in [6, 6.07) is 12.0. The standard InChI is InChI=1S/C17H19N3O4/c21-16(18-23)15(13-5-2-1-3-6-13)19-8-10-20(11-9-19)17(22)14-7-4-12-24-14/h1-7,12,15,23H,8-11H2,(H,18,21). The van der Waals surface area contributed by atoms with Crippen LogP contribution in [0, 0.1) is 0 Å². The molecular weight excluding hydrogens is 310 g/mol. The first kappa shape index (κ1) is 16.2. The van der Waals surface area contributed by atoms with Crippen LogP contribution >= 0.6 is 0 Å². The number of rotatable bonds is 4. The van der Waals surface area contributed by atoms with E-state index in [1.165, 1.54) is 6.26 Å². The molecule has 1 aromatic heterocycles. The lowest BCUT2D eigenvalue weighted by atomic mass is 10.0. The fraction of sp³-hybridized carbons (Fsp3) is 0.294. The number of nitrogens with zero attached hydrogens (tertiary/aromatic N) is 2. The SMILES string of the molecule is O=C(NO)C(c1ccccc1)N1CCN(C(=O)c2ccco2)CC1. The van der Waals surface area contributed by atoms with E-state index in [4.69, 9.17) is 9.62 Å². The molecule has 3 rings (SSSR count). The second kappa shape index (κ2) is 7.29. The van der Waals surface area contributed by atoms with E-state index in [0.29, 0.717) is 31.9 Å². The van der Waals surface area contributed by atoms with Crippen molar-refractivity contribution >= 4 is 11.8 Å². The molecule has 7 heteroatoms. The van der Waals surface area contributed by atoms with Crippen LogP contribution in [0.2, 0.25) is 0 Å². The topological polar surface area (TPSA) is 86.0 Å². The largest absolute Gasteiger partial charge is 0.459 e. The minimum atomic E-state index is -0.586. The summed E-state index contributed by atoms with van der Waals surface area (Å²) in [5.74, 6) is -0.314. The number of piperazine rings is 1. The van der Waals surface area contributed by atoms with Gasteiger partial charge in [-0.1, -0.05) is 30.3 Å². The number of furan rings is 1. The molecule has 1 aliphatic rings. The molecule has 2 amide bonds. The van der Waals surface area contributed by atoms with Gasteiger partial charge in [0.1, 0.15) is 6.04 Å². The van der Waals surface area contributed by atoms with Crippen LogP contribution in [0.15, 0.2) is 53.1 Å². The third kappa shape index (κ3) is 3.32. The van der Waals surface area contributed by atoms with Gasteiger partial charge in [0.25, 0.3) is 11.8 Å². The highest BCUT2D eigenvalue weighted by Gasteiger charge is 2.32. The van der Waals surface area contributed by atoms with Gasteiger partial charge in [0.2, 0.25) is 0 Å². The highest BCUT2D eigenvalue weighted by atomic mass is 16.5. The third-order valence-corrected chi connectivity index (χ3v) is 4.17. The van der Waals surface area contributed by atoms with Gasteiger partial charge in [-0.3, -0.25) is 19.7 Å². The van der Waals surface area contributed by atoms with E-state index in [1.807, 2.05) is 35.2 Å². The van der Waals surface area contributed by atoms with Crippen molar-refractivity contribution in [1.29, 1.82) is 0 Å². The lowest BCUT2D eigenvalue weighted by Crippen LogP contribution is -2.52. The number of carbonyl (C=O) groups excluding carboxylic acids is 2. The number of amides is 2. The highest BCUT2D eigenvalue weighted by molar-refractivity contribution is 5.91. The van der Waals surface area contributed by atoms with E-state index in [9.17, 15) is 9.59 Å². The van der Waals surface area contributed by atoms with Crippen molar-refractivity contribution in [2.24, 2.45) is 0 Å². The van der Waals surface area contributed by atoms with E-state index in [2.05, 4.69) is 0 Å². The van der Waals surface area contributed by atoms with Gasteiger partial charge in [-0.25, -0.2) is 5.48 Å².